The van der Waals surface area contributed by atoms with Crippen LogP contribution in [0.5, 0.6) is 0 Å². The molecule has 1 unspecified atom stereocenters. The Morgan fingerprint density at radius 2 is 1.87 bits per heavy atom. The van der Waals surface area contributed by atoms with Gasteiger partial charge in [0.25, 0.3) is 5.91 Å². The molecule has 1 aromatic carbocycles. The summed E-state index contributed by atoms with van der Waals surface area (Å²) in [7, 11) is 2.59. The van der Waals surface area contributed by atoms with Gasteiger partial charge in [0.1, 0.15) is 5.54 Å². The molecule has 9 heteroatoms. The van der Waals surface area contributed by atoms with Gasteiger partial charge in [0.2, 0.25) is 0 Å². The summed E-state index contributed by atoms with van der Waals surface area (Å²) < 4.78 is 1.62. The van der Waals surface area contributed by atoms with E-state index < -0.39 is 11.6 Å². The maximum Gasteiger partial charge on any atom is 0.332 e. The number of nitriles is 1. The van der Waals surface area contributed by atoms with Crippen LogP contribution in [0.3, 0.4) is 0 Å². The van der Waals surface area contributed by atoms with Crippen LogP contribution in [0.2, 0.25) is 0 Å². The number of anilines is 1. The van der Waals surface area contributed by atoms with Crippen molar-refractivity contribution in [3.63, 3.8) is 0 Å². The number of rotatable bonds is 6. The fourth-order valence-corrected chi connectivity index (χ4v) is 3.76. The number of aromatic nitrogens is 2. The molecule has 160 valence electrons. The molecule has 1 atom stereocenters. The lowest BCUT2D eigenvalue weighted by Gasteiger charge is -2.27. The van der Waals surface area contributed by atoms with Gasteiger partial charge in [-0.2, -0.15) is 10.4 Å². The second-order valence-electron chi connectivity index (χ2n) is 8.06. The molecule has 0 spiro atoms. The van der Waals surface area contributed by atoms with E-state index in [1.165, 1.54) is 11.1 Å². The molecular formula is C22H25N6O2P. The summed E-state index contributed by atoms with van der Waals surface area (Å²) in [5.74, 6) is -0.327. The minimum absolute atomic E-state index is 0.250. The first-order chi connectivity index (χ1) is 14.6. The Hall–Kier alpha value is -3.30. The van der Waals surface area contributed by atoms with Gasteiger partial charge in [-0.3, -0.25) is 9.48 Å². The third-order valence-corrected chi connectivity index (χ3v) is 5.72. The molecule has 2 aromatic rings. The monoisotopic (exact) mass is 436 g/mol. The molecule has 3 rings (SSSR count). The van der Waals surface area contributed by atoms with Gasteiger partial charge in [0.05, 0.1) is 30.1 Å². The standard InChI is InChI=1S/C22H25N6O2P/c1-14(24)19(15(2)31)13-26-12-18(10-25-26)28-20(29)22(3,4)27(21(28)30)11-17-7-5-16(9-23)6-8-17/h5-8,10,12,24H,11,13,31H2,1-4H3. The Labute approximate surface area is 183 Å². The predicted octanol–water partition coefficient (Wildman–Crippen LogP) is 3.69. The zero-order valence-electron chi connectivity index (χ0n) is 18.0. The van der Waals surface area contributed by atoms with Crippen LogP contribution in [-0.2, 0) is 17.9 Å². The summed E-state index contributed by atoms with van der Waals surface area (Å²) in [6.07, 6.45) is 3.14. The summed E-state index contributed by atoms with van der Waals surface area (Å²) in [5.41, 5.74) is 2.00. The summed E-state index contributed by atoms with van der Waals surface area (Å²) in [5, 5.41) is 22.1. The van der Waals surface area contributed by atoms with E-state index in [2.05, 4.69) is 20.4 Å². The Kier molecular flexibility index (Phi) is 6.10. The van der Waals surface area contributed by atoms with E-state index in [1.54, 1.807) is 55.9 Å². The van der Waals surface area contributed by atoms with E-state index in [0.717, 1.165) is 21.4 Å². The summed E-state index contributed by atoms with van der Waals surface area (Å²) in [6, 6.07) is 8.60. The largest absolute Gasteiger partial charge is 0.332 e. The van der Waals surface area contributed by atoms with Crippen LogP contribution >= 0.6 is 9.24 Å². The van der Waals surface area contributed by atoms with E-state index in [4.69, 9.17) is 10.7 Å². The zero-order chi connectivity index (χ0) is 22.9. The van der Waals surface area contributed by atoms with Gasteiger partial charge in [-0.05, 0) is 56.3 Å². The molecule has 1 aromatic heterocycles. The minimum atomic E-state index is -1.03. The van der Waals surface area contributed by atoms with E-state index in [-0.39, 0.29) is 12.5 Å². The number of carbonyl (C=O) groups excluding carboxylic acids is 2. The number of nitrogens with one attached hydrogen (secondary N) is 1. The number of allylic oxidation sites excluding steroid dienone is 2. The quantitative estimate of drug-likeness (QED) is 0.423. The van der Waals surface area contributed by atoms with Gasteiger partial charge < -0.3 is 10.3 Å². The van der Waals surface area contributed by atoms with Crippen LogP contribution in [0.4, 0.5) is 10.5 Å². The number of urea groups is 1. The molecule has 1 N–H and O–H groups in total. The fourth-order valence-electron chi connectivity index (χ4n) is 3.45. The molecule has 1 aliphatic rings. The number of hydrogen-bond acceptors (Lipinski definition) is 5. The molecule has 0 saturated carbocycles. The lowest BCUT2D eigenvalue weighted by atomic mass is 10.0. The third kappa shape index (κ3) is 4.28. The summed E-state index contributed by atoms with van der Waals surface area (Å²) in [4.78, 5) is 29.0. The van der Waals surface area contributed by atoms with Gasteiger partial charge in [-0.1, -0.05) is 12.1 Å². The highest BCUT2D eigenvalue weighted by molar-refractivity contribution is 7.22. The number of carbonyl (C=O) groups is 2. The van der Waals surface area contributed by atoms with Crippen LogP contribution in [0.15, 0.2) is 47.5 Å². The van der Waals surface area contributed by atoms with Crippen molar-refractivity contribution in [2.45, 2.75) is 46.3 Å². The second-order valence-corrected chi connectivity index (χ2v) is 8.93. The Bertz CT molecular complexity index is 1120. The van der Waals surface area contributed by atoms with E-state index in [9.17, 15) is 9.59 Å². The number of amides is 3. The lowest BCUT2D eigenvalue weighted by molar-refractivity contribution is -0.123. The van der Waals surface area contributed by atoms with E-state index in [0.29, 0.717) is 23.5 Å². The van der Waals surface area contributed by atoms with Gasteiger partial charge >= 0.3 is 6.03 Å². The van der Waals surface area contributed by atoms with Gasteiger partial charge in [-0.15, -0.1) is 9.24 Å². The average Bonchev–Trinajstić information content (AvgIpc) is 3.23. The summed E-state index contributed by atoms with van der Waals surface area (Å²) >= 11 is 0. The Balaban J connectivity index is 1.86. The minimum Gasteiger partial charge on any atom is -0.305 e. The lowest BCUT2D eigenvalue weighted by Crippen LogP contribution is -2.43. The Morgan fingerprint density at radius 1 is 1.23 bits per heavy atom. The second kappa shape index (κ2) is 8.44. The maximum absolute atomic E-state index is 13.2. The van der Waals surface area contributed by atoms with Crippen LogP contribution in [0.25, 0.3) is 0 Å². The molecule has 2 heterocycles. The van der Waals surface area contributed by atoms with Crippen molar-refractivity contribution in [3.05, 3.63) is 58.7 Å². The smallest absolute Gasteiger partial charge is 0.305 e. The number of imide groups is 1. The van der Waals surface area contributed by atoms with Gasteiger partial charge in [0.15, 0.2) is 0 Å². The molecule has 0 aliphatic carbocycles. The average molecular weight is 436 g/mol. The summed E-state index contributed by atoms with van der Waals surface area (Å²) in [6.45, 7) is 7.68. The highest BCUT2D eigenvalue weighted by Gasteiger charge is 2.52. The Morgan fingerprint density at radius 3 is 2.42 bits per heavy atom. The molecular weight excluding hydrogens is 411 g/mol. The first kappa shape index (κ1) is 22.4. The first-order valence-electron chi connectivity index (χ1n) is 9.74. The van der Waals surface area contributed by atoms with Gasteiger partial charge in [0, 0.05) is 18.5 Å². The zero-order valence-corrected chi connectivity index (χ0v) is 19.2. The highest BCUT2D eigenvalue weighted by atomic mass is 31.0. The van der Waals surface area contributed by atoms with Crippen molar-refractivity contribution in [1.82, 2.24) is 14.7 Å². The maximum atomic E-state index is 13.2. The van der Waals surface area contributed by atoms with E-state index in [1.807, 2.05) is 6.92 Å². The first-order valence-corrected chi connectivity index (χ1v) is 10.3. The van der Waals surface area contributed by atoms with E-state index >= 15 is 0 Å². The van der Waals surface area contributed by atoms with Crippen molar-refractivity contribution in [3.8, 4) is 6.07 Å². The third-order valence-electron chi connectivity index (χ3n) is 5.37. The van der Waals surface area contributed by atoms with Crippen molar-refractivity contribution in [1.29, 1.82) is 10.7 Å². The molecule has 3 amide bonds. The van der Waals surface area contributed by atoms with Crippen molar-refractivity contribution in [2.75, 3.05) is 4.90 Å². The van der Waals surface area contributed by atoms with Crippen LogP contribution in [0, 0.1) is 16.7 Å². The van der Waals surface area contributed by atoms with Crippen molar-refractivity contribution in [2.24, 2.45) is 0 Å². The fraction of sp³-hybridized carbons (Fsp3) is 0.318. The highest BCUT2D eigenvalue weighted by Crippen LogP contribution is 2.33. The molecule has 8 nitrogen and oxygen atoms in total. The van der Waals surface area contributed by atoms with Crippen molar-refractivity contribution >= 4 is 32.6 Å². The molecule has 0 radical (unpaired) electrons. The van der Waals surface area contributed by atoms with Crippen LogP contribution in [-0.4, -0.2) is 37.9 Å². The van der Waals surface area contributed by atoms with Gasteiger partial charge in [-0.25, -0.2) is 9.69 Å². The molecule has 31 heavy (non-hydrogen) atoms. The molecule has 1 saturated heterocycles. The number of nitrogens with zero attached hydrogens (tertiary/aromatic N) is 5. The number of benzene rings is 1. The molecule has 1 fully saturated rings. The SMILES string of the molecule is CC(=N)C(Cn1cc(N2C(=O)N(Cc3ccc(C#N)cc3)C(C)(C)C2=O)cn1)=C(C)P. The molecule has 1 aliphatic heterocycles. The van der Waals surface area contributed by atoms with Crippen molar-refractivity contribution < 1.29 is 9.59 Å². The predicted molar refractivity (Wildman–Crippen MR) is 122 cm³/mol. The van der Waals surface area contributed by atoms with Crippen LogP contribution < -0.4 is 4.90 Å². The molecule has 0 bridgehead atoms. The topological polar surface area (TPSA) is 106 Å². The van der Waals surface area contributed by atoms with Crippen LogP contribution in [0.1, 0.15) is 38.8 Å². The number of hydrogen-bond donors (Lipinski definition) is 1. The normalized spacial score (nSPS) is 16.4.